The molecule has 0 spiro atoms. The van der Waals surface area contributed by atoms with Gasteiger partial charge in [-0.2, -0.15) is 4.31 Å². The zero-order valence-corrected chi connectivity index (χ0v) is 18.3. The number of sulfonamides is 1. The number of carbonyl (C=O) groups excluding carboxylic acids is 1. The van der Waals surface area contributed by atoms with E-state index in [4.69, 9.17) is 9.47 Å². The molecule has 0 radical (unpaired) electrons. The lowest BCUT2D eigenvalue weighted by atomic mass is 10.3. The van der Waals surface area contributed by atoms with Crippen LogP contribution in [-0.2, 0) is 14.8 Å². The lowest BCUT2D eigenvalue weighted by Gasteiger charge is -2.33. The van der Waals surface area contributed by atoms with Crippen molar-refractivity contribution in [3.63, 3.8) is 0 Å². The third-order valence-corrected chi connectivity index (χ3v) is 7.54. The molecule has 29 heavy (non-hydrogen) atoms. The largest absolute Gasteiger partial charge is 0.491 e. The number of ether oxygens (including phenoxy) is 2. The highest BCUT2D eigenvalue weighted by Gasteiger charge is 2.30. The third kappa shape index (κ3) is 5.36. The second-order valence-corrected chi connectivity index (χ2v) is 9.85. The van der Waals surface area contributed by atoms with Gasteiger partial charge in [0, 0.05) is 37.7 Å². The number of carbonyl (C=O) groups is 1. The summed E-state index contributed by atoms with van der Waals surface area (Å²) in [5.74, 6) is 0.569. The van der Waals surface area contributed by atoms with Gasteiger partial charge >= 0.3 is 0 Å². The monoisotopic (exact) mass is 438 g/mol. The SMILES string of the molecule is CCOCCOc1ccc(S(=O)(=O)N2CCN(C(=O)c3ccc(C)s3)CC2)cc1. The molecule has 0 bridgehead atoms. The topological polar surface area (TPSA) is 76.2 Å². The van der Waals surface area contributed by atoms with Crippen LogP contribution >= 0.6 is 11.3 Å². The van der Waals surface area contributed by atoms with E-state index in [2.05, 4.69) is 0 Å². The summed E-state index contributed by atoms with van der Waals surface area (Å²) in [5, 5.41) is 0. The van der Waals surface area contributed by atoms with Crippen LogP contribution < -0.4 is 4.74 Å². The Labute approximate surface area is 175 Å². The van der Waals surface area contributed by atoms with Crippen molar-refractivity contribution < 1.29 is 22.7 Å². The molecule has 0 atom stereocenters. The molecule has 1 aromatic heterocycles. The number of benzene rings is 1. The average Bonchev–Trinajstić information content (AvgIpc) is 3.17. The van der Waals surface area contributed by atoms with Crippen LogP contribution in [0.4, 0.5) is 0 Å². The molecule has 1 aliphatic heterocycles. The van der Waals surface area contributed by atoms with Crippen LogP contribution in [0.25, 0.3) is 0 Å². The highest BCUT2D eigenvalue weighted by molar-refractivity contribution is 7.89. The van der Waals surface area contributed by atoms with Gasteiger partial charge in [0.15, 0.2) is 0 Å². The van der Waals surface area contributed by atoms with E-state index in [1.165, 1.54) is 15.6 Å². The number of hydrogen-bond acceptors (Lipinski definition) is 6. The Balaban J connectivity index is 1.57. The average molecular weight is 439 g/mol. The van der Waals surface area contributed by atoms with Crippen LogP contribution in [-0.4, -0.2) is 69.5 Å². The summed E-state index contributed by atoms with van der Waals surface area (Å²) >= 11 is 1.46. The predicted octanol–water partition coefficient (Wildman–Crippen LogP) is 2.62. The maximum absolute atomic E-state index is 12.9. The summed E-state index contributed by atoms with van der Waals surface area (Å²) in [6.07, 6.45) is 0. The first-order chi connectivity index (χ1) is 13.9. The van der Waals surface area contributed by atoms with Crippen molar-refractivity contribution in [2.45, 2.75) is 18.7 Å². The maximum atomic E-state index is 12.9. The second kappa shape index (κ2) is 9.71. The minimum atomic E-state index is -3.60. The molecule has 0 unspecified atom stereocenters. The Morgan fingerprint density at radius 3 is 2.31 bits per heavy atom. The van der Waals surface area contributed by atoms with E-state index in [1.54, 1.807) is 29.2 Å². The molecule has 1 fully saturated rings. The highest BCUT2D eigenvalue weighted by atomic mass is 32.2. The van der Waals surface area contributed by atoms with Crippen molar-refractivity contribution in [3.8, 4) is 5.75 Å². The number of amides is 1. The molecule has 0 aliphatic carbocycles. The van der Waals surface area contributed by atoms with Crippen LogP contribution in [0.15, 0.2) is 41.3 Å². The quantitative estimate of drug-likeness (QED) is 0.592. The van der Waals surface area contributed by atoms with Crippen molar-refractivity contribution in [3.05, 3.63) is 46.2 Å². The molecule has 9 heteroatoms. The molecule has 2 aromatic rings. The summed E-state index contributed by atoms with van der Waals surface area (Å²) in [5.41, 5.74) is 0. The minimum absolute atomic E-state index is 0.0336. The first kappa shape index (κ1) is 21.8. The Hall–Kier alpha value is -1.94. The predicted molar refractivity (Wildman–Crippen MR) is 112 cm³/mol. The van der Waals surface area contributed by atoms with Gasteiger partial charge in [0.2, 0.25) is 10.0 Å². The summed E-state index contributed by atoms with van der Waals surface area (Å²) < 4.78 is 38.0. The van der Waals surface area contributed by atoms with Crippen LogP contribution in [0, 0.1) is 6.92 Å². The third-order valence-electron chi connectivity index (χ3n) is 4.64. The van der Waals surface area contributed by atoms with E-state index in [0.29, 0.717) is 43.5 Å². The van der Waals surface area contributed by atoms with E-state index in [0.717, 1.165) is 4.88 Å². The summed E-state index contributed by atoms with van der Waals surface area (Å²) in [6.45, 7) is 6.74. The van der Waals surface area contributed by atoms with E-state index < -0.39 is 10.0 Å². The highest BCUT2D eigenvalue weighted by Crippen LogP contribution is 2.22. The van der Waals surface area contributed by atoms with Gasteiger partial charge in [-0.1, -0.05) is 0 Å². The Bertz CT molecular complexity index is 917. The van der Waals surface area contributed by atoms with Crippen LogP contribution in [0.1, 0.15) is 21.5 Å². The zero-order chi connectivity index (χ0) is 20.9. The summed E-state index contributed by atoms with van der Waals surface area (Å²) in [6, 6.07) is 10.1. The van der Waals surface area contributed by atoms with Crippen LogP contribution in [0.2, 0.25) is 0 Å². The Kier molecular flexibility index (Phi) is 7.28. The lowest BCUT2D eigenvalue weighted by molar-refractivity contribution is 0.0703. The van der Waals surface area contributed by atoms with E-state index in [9.17, 15) is 13.2 Å². The van der Waals surface area contributed by atoms with Gasteiger partial charge in [-0.15, -0.1) is 11.3 Å². The van der Waals surface area contributed by atoms with Crippen molar-refractivity contribution in [1.82, 2.24) is 9.21 Å². The van der Waals surface area contributed by atoms with Crippen molar-refractivity contribution in [2.75, 3.05) is 46.0 Å². The fourth-order valence-corrected chi connectivity index (χ4v) is 5.31. The molecule has 1 aromatic carbocycles. The molecule has 2 heterocycles. The van der Waals surface area contributed by atoms with Gasteiger partial charge in [-0.25, -0.2) is 8.42 Å². The number of rotatable bonds is 8. The van der Waals surface area contributed by atoms with E-state index in [-0.39, 0.29) is 23.9 Å². The van der Waals surface area contributed by atoms with E-state index in [1.807, 2.05) is 26.0 Å². The standard InChI is InChI=1S/C20H26N2O5S2/c1-3-26-14-15-27-17-5-7-18(8-6-17)29(24,25)22-12-10-21(11-13-22)20(23)19-9-4-16(2)28-19/h4-9H,3,10-15H2,1-2H3. The molecule has 1 amide bonds. The van der Waals surface area contributed by atoms with Crippen LogP contribution in [0.5, 0.6) is 5.75 Å². The molecule has 0 N–H and O–H groups in total. The number of nitrogens with zero attached hydrogens (tertiary/aromatic N) is 2. The molecule has 1 saturated heterocycles. The van der Waals surface area contributed by atoms with E-state index >= 15 is 0 Å². The second-order valence-electron chi connectivity index (χ2n) is 6.62. The number of hydrogen-bond donors (Lipinski definition) is 0. The maximum Gasteiger partial charge on any atom is 0.264 e. The van der Waals surface area contributed by atoms with Gasteiger partial charge < -0.3 is 14.4 Å². The lowest BCUT2D eigenvalue weighted by Crippen LogP contribution is -2.50. The smallest absolute Gasteiger partial charge is 0.264 e. The first-order valence-electron chi connectivity index (χ1n) is 9.58. The molecule has 7 nitrogen and oxygen atoms in total. The fraction of sp³-hybridized carbons (Fsp3) is 0.450. The first-order valence-corrected chi connectivity index (χ1v) is 11.8. The minimum Gasteiger partial charge on any atom is -0.491 e. The molecular formula is C20H26N2O5S2. The number of aryl methyl sites for hydroxylation is 1. The number of piperazine rings is 1. The molecule has 0 saturated carbocycles. The van der Waals surface area contributed by atoms with Gasteiger partial charge in [-0.3, -0.25) is 4.79 Å². The van der Waals surface area contributed by atoms with Gasteiger partial charge in [0.05, 0.1) is 16.4 Å². The summed E-state index contributed by atoms with van der Waals surface area (Å²) in [4.78, 5) is 16.3. The van der Waals surface area contributed by atoms with Gasteiger partial charge in [0.1, 0.15) is 12.4 Å². The molecule has 158 valence electrons. The molecule has 1 aliphatic rings. The number of thiophene rings is 1. The van der Waals surface area contributed by atoms with Crippen molar-refractivity contribution >= 4 is 27.3 Å². The normalized spacial score (nSPS) is 15.4. The van der Waals surface area contributed by atoms with Crippen molar-refractivity contribution in [2.24, 2.45) is 0 Å². The molecule has 3 rings (SSSR count). The van der Waals surface area contributed by atoms with Gasteiger partial charge in [-0.05, 0) is 50.2 Å². The Morgan fingerprint density at radius 1 is 1.03 bits per heavy atom. The van der Waals surface area contributed by atoms with Crippen LogP contribution in [0.3, 0.4) is 0 Å². The zero-order valence-electron chi connectivity index (χ0n) is 16.7. The fourth-order valence-electron chi connectivity index (χ4n) is 3.06. The van der Waals surface area contributed by atoms with Gasteiger partial charge in [0.25, 0.3) is 5.91 Å². The summed E-state index contributed by atoms with van der Waals surface area (Å²) in [7, 11) is -3.60. The molecular weight excluding hydrogens is 412 g/mol. The van der Waals surface area contributed by atoms with Crippen molar-refractivity contribution in [1.29, 1.82) is 0 Å². The Morgan fingerprint density at radius 2 is 1.72 bits per heavy atom.